The topological polar surface area (TPSA) is 149 Å². The molecule has 3 amide bonds. The summed E-state index contributed by atoms with van der Waals surface area (Å²) in [7, 11) is 3.04. The van der Waals surface area contributed by atoms with Crippen LogP contribution in [0.15, 0.2) is 108 Å². The molecule has 0 aliphatic carbocycles. The second-order valence-corrected chi connectivity index (χ2v) is 10.1. The van der Waals surface area contributed by atoms with Gasteiger partial charge in [-0.15, -0.1) is 11.8 Å². The van der Waals surface area contributed by atoms with Gasteiger partial charge in [0.15, 0.2) is 0 Å². The van der Waals surface area contributed by atoms with Crippen LogP contribution in [0.1, 0.15) is 15.9 Å². The molecule has 11 nitrogen and oxygen atoms in total. The Balaban J connectivity index is 1.44. The maximum Gasteiger partial charge on any atom is 0.276 e. The summed E-state index contributed by atoms with van der Waals surface area (Å²) in [4.78, 5) is 50.5. The number of para-hydroxylation sites is 1. The Labute approximate surface area is 257 Å². The summed E-state index contributed by atoms with van der Waals surface area (Å²) < 4.78 is 10.5. The monoisotopic (exact) mass is 612 g/mol. The third-order valence-corrected chi connectivity index (χ3v) is 7.14. The van der Waals surface area contributed by atoms with E-state index in [0.717, 1.165) is 4.90 Å². The second kappa shape index (κ2) is 15.0. The zero-order chi connectivity index (χ0) is 31.5. The molecule has 0 fully saturated rings. The van der Waals surface area contributed by atoms with Gasteiger partial charge in [-0.2, -0.15) is 0 Å². The third-order valence-electron chi connectivity index (χ3n) is 6.12. The molecule has 224 valence electrons. The molecule has 0 saturated carbocycles. The van der Waals surface area contributed by atoms with Gasteiger partial charge in [0.2, 0.25) is 5.91 Å². The number of hydrogen-bond acceptors (Lipinski definition) is 8. The second-order valence-electron chi connectivity index (χ2n) is 9.08. The zero-order valence-corrected chi connectivity index (χ0v) is 24.6. The summed E-state index contributed by atoms with van der Waals surface area (Å²) in [5.41, 5.74) is 0.946. The van der Waals surface area contributed by atoms with E-state index in [0.29, 0.717) is 28.4 Å². The Morgan fingerprint density at radius 1 is 0.864 bits per heavy atom. The van der Waals surface area contributed by atoms with E-state index in [9.17, 15) is 24.5 Å². The van der Waals surface area contributed by atoms with Gasteiger partial charge >= 0.3 is 0 Å². The number of nitrogens with zero attached hydrogens (tertiary/aromatic N) is 1. The molecular formula is C32H28N4O7S. The SMILES string of the molecule is COc1ccc(OC)c(NC(=O)CSc2ccc(NC(=O)/C(=C/c3ccccc3[N+](=O)[O-])NC(=O)c3ccccc3)cc2)c1. The van der Waals surface area contributed by atoms with Crippen LogP contribution in [0.4, 0.5) is 17.1 Å². The standard InChI is InChI=1S/C32H28N4O7S/c1-42-24-14-17-29(43-2)26(19-24)34-30(37)20-44-25-15-12-23(13-16-25)33-32(39)27(35-31(38)21-8-4-3-5-9-21)18-22-10-6-7-11-28(22)36(40)41/h3-19H,20H2,1-2H3,(H,33,39)(H,34,37)(H,35,38)/b27-18-. The van der Waals surface area contributed by atoms with E-state index in [2.05, 4.69) is 16.0 Å². The van der Waals surface area contributed by atoms with E-state index in [1.807, 2.05) is 0 Å². The number of amides is 3. The number of hydrogen-bond donors (Lipinski definition) is 3. The number of anilines is 2. The molecule has 4 aromatic carbocycles. The van der Waals surface area contributed by atoms with E-state index in [1.165, 1.54) is 50.3 Å². The lowest BCUT2D eigenvalue weighted by Gasteiger charge is -2.12. The van der Waals surface area contributed by atoms with E-state index in [1.54, 1.807) is 78.9 Å². The van der Waals surface area contributed by atoms with Crippen LogP contribution in [0.3, 0.4) is 0 Å². The molecule has 4 rings (SSSR count). The fourth-order valence-electron chi connectivity index (χ4n) is 3.95. The molecule has 0 heterocycles. The van der Waals surface area contributed by atoms with Crippen LogP contribution in [0.25, 0.3) is 6.08 Å². The number of nitro benzene ring substituents is 1. The number of carbonyl (C=O) groups excluding carboxylic acids is 3. The number of benzene rings is 4. The predicted octanol–water partition coefficient (Wildman–Crippen LogP) is 5.75. The van der Waals surface area contributed by atoms with Gasteiger partial charge in [-0.1, -0.05) is 30.3 Å². The highest BCUT2D eigenvalue weighted by atomic mass is 32.2. The smallest absolute Gasteiger partial charge is 0.276 e. The fourth-order valence-corrected chi connectivity index (χ4v) is 4.65. The quantitative estimate of drug-likeness (QED) is 0.0792. The average Bonchev–Trinajstić information content (AvgIpc) is 3.04. The number of nitro groups is 1. The summed E-state index contributed by atoms with van der Waals surface area (Å²) in [6, 6.07) is 26.0. The summed E-state index contributed by atoms with van der Waals surface area (Å²) in [6.07, 6.45) is 1.26. The van der Waals surface area contributed by atoms with Crippen molar-refractivity contribution in [2.75, 3.05) is 30.6 Å². The molecule has 0 radical (unpaired) electrons. The van der Waals surface area contributed by atoms with Crippen molar-refractivity contribution in [2.45, 2.75) is 4.90 Å². The summed E-state index contributed by atoms with van der Waals surface area (Å²) >= 11 is 1.29. The van der Waals surface area contributed by atoms with Gasteiger partial charge in [-0.05, 0) is 60.7 Å². The fraction of sp³-hybridized carbons (Fsp3) is 0.0938. The van der Waals surface area contributed by atoms with Crippen molar-refractivity contribution in [1.82, 2.24) is 5.32 Å². The van der Waals surface area contributed by atoms with Gasteiger partial charge in [0.05, 0.1) is 36.1 Å². The Bertz CT molecular complexity index is 1690. The molecule has 44 heavy (non-hydrogen) atoms. The highest BCUT2D eigenvalue weighted by Crippen LogP contribution is 2.29. The third kappa shape index (κ3) is 8.46. The number of carbonyl (C=O) groups is 3. The van der Waals surface area contributed by atoms with Gasteiger partial charge in [0, 0.05) is 28.3 Å². The summed E-state index contributed by atoms with van der Waals surface area (Å²) in [5.74, 6) is -0.301. The molecule has 0 unspecified atom stereocenters. The van der Waals surface area contributed by atoms with E-state index < -0.39 is 16.7 Å². The van der Waals surface area contributed by atoms with E-state index >= 15 is 0 Å². The molecule has 0 saturated heterocycles. The van der Waals surface area contributed by atoms with Crippen LogP contribution in [0.2, 0.25) is 0 Å². The number of methoxy groups -OCH3 is 2. The molecule has 0 aliphatic rings. The normalized spacial score (nSPS) is 10.8. The van der Waals surface area contributed by atoms with Crippen molar-refractivity contribution in [3.8, 4) is 11.5 Å². The number of ether oxygens (including phenoxy) is 2. The largest absolute Gasteiger partial charge is 0.497 e. The lowest BCUT2D eigenvalue weighted by molar-refractivity contribution is -0.385. The molecule has 4 aromatic rings. The van der Waals surface area contributed by atoms with Crippen molar-refractivity contribution >= 4 is 52.6 Å². The van der Waals surface area contributed by atoms with Crippen LogP contribution in [-0.2, 0) is 9.59 Å². The predicted molar refractivity (Wildman–Crippen MR) is 169 cm³/mol. The molecule has 0 atom stereocenters. The molecule has 3 N–H and O–H groups in total. The van der Waals surface area contributed by atoms with Crippen molar-refractivity contribution < 1.29 is 28.8 Å². The van der Waals surface area contributed by atoms with Crippen LogP contribution < -0.4 is 25.4 Å². The first-order valence-corrected chi connectivity index (χ1v) is 14.1. The minimum Gasteiger partial charge on any atom is -0.497 e. The molecular weight excluding hydrogens is 584 g/mol. The minimum absolute atomic E-state index is 0.111. The lowest BCUT2D eigenvalue weighted by atomic mass is 10.1. The van der Waals surface area contributed by atoms with Crippen molar-refractivity contribution in [2.24, 2.45) is 0 Å². The molecule has 12 heteroatoms. The van der Waals surface area contributed by atoms with Crippen molar-refractivity contribution in [3.63, 3.8) is 0 Å². The number of thioether (sulfide) groups is 1. The zero-order valence-electron chi connectivity index (χ0n) is 23.7. The first kappa shape index (κ1) is 31.3. The lowest BCUT2D eigenvalue weighted by Crippen LogP contribution is -2.30. The Kier molecular flexibility index (Phi) is 10.7. The highest BCUT2D eigenvalue weighted by molar-refractivity contribution is 8.00. The Morgan fingerprint density at radius 2 is 1.57 bits per heavy atom. The van der Waals surface area contributed by atoms with Crippen LogP contribution >= 0.6 is 11.8 Å². The minimum atomic E-state index is -0.681. The highest BCUT2D eigenvalue weighted by Gasteiger charge is 2.18. The van der Waals surface area contributed by atoms with Crippen molar-refractivity contribution in [3.05, 3.63) is 124 Å². The van der Waals surface area contributed by atoms with E-state index in [-0.39, 0.29) is 28.6 Å². The number of nitrogens with one attached hydrogen (secondary N) is 3. The van der Waals surface area contributed by atoms with Gasteiger partial charge in [-0.3, -0.25) is 24.5 Å². The summed E-state index contributed by atoms with van der Waals surface area (Å²) in [6.45, 7) is 0. The van der Waals surface area contributed by atoms with Crippen LogP contribution in [0.5, 0.6) is 11.5 Å². The van der Waals surface area contributed by atoms with Crippen LogP contribution in [-0.4, -0.2) is 42.6 Å². The van der Waals surface area contributed by atoms with Crippen molar-refractivity contribution in [1.29, 1.82) is 0 Å². The molecule has 0 aliphatic heterocycles. The molecule has 0 bridgehead atoms. The first-order chi connectivity index (χ1) is 21.3. The Morgan fingerprint density at radius 3 is 2.25 bits per heavy atom. The van der Waals surface area contributed by atoms with Gasteiger partial charge in [-0.25, -0.2) is 0 Å². The van der Waals surface area contributed by atoms with Gasteiger partial charge < -0.3 is 25.4 Å². The maximum absolute atomic E-state index is 13.3. The molecule has 0 spiro atoms. The van der Waals surface area contributed by atoms with E-state index in [4.69, 9.17) is 9.47 Å². The van der Waals surface area contributed by atoms with Gasteiger partial charge in [0.1, 0.15) is 17.2 Å². The first-order valence-electron chi connectivity index (χ1n) is 13.1. The van der Waals surface area contributed by atoms with Crippen LogP contribution in [0, 0.1) is 10.1 Å². The summed E-state index contributed by atoms with van der Waals surface area (Å²) in [5, 5.41) is 19.6. The van der Waals surface area contributed by atoms with Gasteiger partial charge in [0.25, 0.3) is 17.5 Å². The average molecular weight is 613 g/mol. The molecule has 0 aromatic heterocycles. The Hall–Kier alpha value is -5.62. The maximum atomic E-state index is 13.3. The number of rotatable bonds is 12.